The summed E-state index contributed by atoms with van der Waals surface area (Å²) in [6.45, 7) is 4.70. The number of nitrogens with one attached hydrogen (secondary N) is 2. The molecular weight excluding hydrogens is 140 g/mol. The summed E-state index contributed by atoms with van der Waals surface area (Å²) in [6, 6.07) is 1.06. The maximum Gasteiger partial charge on any atom is 0.217 e. The first kappa shape index (κ1) is 8.53. The summed E-state index contributed by atoms with van der Waals surface area (Å²) in [4.78, 5) is 10.6. The number of carbonyl (C=O) groups is 1. The SMILES string of the molecule is CCNC1CC(NC(C)=O)C1.[HH].[HH]. The summed E-state index contributed by atoms with van der Waals surface area (Å²) in [5, 5.41) is 6.22. The lowest BCUT2D eigenvalue weighted by Crippen LogP contribution is -2.51. The topological polar surface area (TPSA) is 41.1 Å². The molecule has 0 aromatic heterocycles. The van der Waals surface area contributed by atoms with Gasteiger partial charge in [-0.3, -0.25) is 4.79 Å². The largest absolute Gasteiger partial charge is 0.353 e. The first-order valence-electron chi connectivity index (χ1n) is 4.23. The molecular formula is C8H20N2O. The van der Waals surface area contributed by atoms with Crippen molar-refractivity contribution < 1.29 is 7.65 Å². The van der Waals surface area contributed by atoms with Crippen LogP contribution in [0.3, 0.4) is 0 Å². The van der Waals surface area contributed by atoms with E-state index in [9.17, 15) is 4.79 Å². The molecule has 0 saturated heterocycles. The van der Waals surface area contributed by atoms with E-state index in [1.165, 1.54) is 0 Å². The fraction of sp³-hybridized carbons (Fsp3) is 0.875. The number of hydrogen-bond acceptors (Lipinski definition) is 2. The zero-order valence-corrected chi connectivity index (χ0v) is 7.18. The van der Waals surface area contributed by atoms with E-state index in [0.29, 0.717) is 12.1 Å². The summed E-state index contributed by atoms with van der Waals surface area (Å²) in [5.74, 6) is 0.0879. The molecule has 3 nitrogen and oxygen atoms in total. The minimum atomic E-state index is 0. The first-order chi connectivity index (χ1) is 5.22. The summed E-state index contributed by atoms with van der Waals surface area (Å²) in [7, 11) is 0. The lowest BCUT2D eigenvalue weighted by molar-refractivity contribution is -0.120. The van der Waals surface area contributed by atoms with E-state index in [1.54, 1.807) is 6.92 Å². The molecule has 11 heavy (non-hydrogen) atoms. The summed E-state index contributed by atoms with van der Waals surface area (Å²) < 4.78 is 0. The second kappa shape index (κ2) is 3.72. The molecule has 0 aromatic rings. The smallest absolute Gasteiger partial charge is 0.217 e. The molecule has 1 aliphatic rings. The van der Waals surface area contributed by atoms with Crippen molar-refractivity contribution in [1.82, 2.24) is 10.6 Å². The average Bonchev–Trinajstić information content (AvgIpc) is 1.82. The van der Waals surface area contributed by atoms with Crippen LogP contribution in [-0.2, 0) is 4.79 Å². The molecule has 0 heterocycles. The number of carbonyl (C=O) groups excluding carboxylic acids is 1. The van der Waals surface area contributed by atoms with E-state index in [1.807, 2.05) is 0 Å². The van der Waals surface area contributed by atoms with Gasteiger partial charge in [0.2, 0.25) is 5.91 Å². The average molecular weight is 160 g/mol. The van der Waals surface area contributed by atoms with E-state index in [-0.39, 0.29) is 8.76 Å². The van der Waals surface area contributed by atoms with Crippen LogP contribution in [-0.4, -0.2) is 24.5 Å². The molecule has 0 radical (unpaired) electrons. The lowest BCUT2D eigenvalue weighted by atomic mass is 9.87. The summed E-state index contributed by atoms with van der Waals surface area (Å²) in [5.41, 5.74) is 0. The van der Waals surface area contributed by atoms with Crippen molar-refractivity contribution in [3.8, 4) is 0 Å². The predicted octanol–water partition coefficient (Wildman–Crippen LogP) is 0.755. The van der Waals surface area contributed by atoms with Crippen molar-refractivity contribution >= 4 is 5.91 Å². The Bertz CT molecular complexity index is 149. The Kier molecular flexibility index (Phi) is 2.88. The molecule has 1 amide bonds. The molecule has 1 fully saturated rings. The van der Waals surface area contributed by atoms with Gasteiger partial charge in [-0.2, -0.15) is 0 Å². The van der Waals surface area contributed by atoms with Gasteiger partial charge in [0.05, 0.1) is 0 Å². The van der Waals surface area contributed by atoms with Crippen LogP contribution in [0.1, 0.15) is 29.5 Å². The maximum absolute atomic E-state index is 10.6. The Morgan fingerprint density at radius 2 is 2.18 bits per heavy atom. The van der Waals surface area contributed by atoms with Gasteiger partial charge in [-0.05, 0) is 19.4 Å². The molecule has 1 aliphatic carbocycles. The third kappa shape index (κ3) is 2.50. The van der Waals surface area contributed by atoms with E-state index in [2.05, 4.69) is 17.6 Å². The third-order valence-electron chi connectivity index (χ3n) is 2.04. The van der Waals surface area contributed by atoms with Crippen molar-refractivity contribution in [2.24, 2.45) is 0 Å². The standard InChI is InChI=1S/C8H16N2O.2H2/c1-3-9-7-4-8(5-7)10-6(2)11;;/h7-9H,3-5H2,1-2H3,(H,10,11);2*1H. The van der Waals surface area contributed by atoms with Crippen molar-refractivity contribution in [2.45, 2.75) is 38.8 Å². The summed E-state index contributed by atoms with van der Waals surface area (Å²) in [6.07, 6.45) is 2.18. The van der Waals surface area contributed by atoms with Gasteiger partial charge in [0.25, 0.3) is 0 Å². The quantitative estimate of drug-likeness (QED) is 0.640. The van der Waals surface area contributed by atoms with Crippen LogP contribution in [0, 0.1) is 0 Å². The van der Waals surface area contributed by atoms with Crippen LogP contribution in [0.4, 0.5) is 0 Å². The molecule has 1 saturated carbocycles. The van der Waals surface area contributed by atoms with Crippen molar-refractivity contribution in [3.05, 3.63) is 0 Å². The number of amides is 1. The van der Waals surface area contributed by atoms with Crippen molar-refractivity contribution in [2.75, 3.05) is 6.54 Å². The molecule has 2 N–H and O–H groups in total. The van der Waals surface area contributed by atoms with Gasteiger partial charge in [-0.15, -0.1) is 0 Å². The highest BCUT2D eigenvalue weighted by molar-refractivity contribution is 5.73. The molecule has 0 unspecified atom stereocenters. The zero-order valence-electron chi connectivity index (χ0n) is 7.18. The van der Waals surface area contributed by atoms with Gasteiger partial charge in [0.15, 0.2) is 0 Å². The second-order valence-corrected chi connectivity index (χ2v) is 3.12. The molecule has 1 rings (SSSR count). The van der Waals surface area contributed by atoms with Gasteiger partial charge in [-0.25, -0.2) is 0 Å². The third-order valence-corrected chi connectivity index (χ3v) is 2.04. The molecule has 0 aliphatic heterocycles. The maximum atomic E-state index is 10.6. The number of rotatable bonds is 3. The van der Waals surface area contributed by atoms with Gasteiger partial charge < -0.3 is 10.6 Å². The molecule has 68 valence electrons. The highest BCUT2D eigenvalue weighted by atomic mass is 16.1. The van der Waals surface area contributed by atoms with Crippen LogP contribution in [0.15, 0.2) is 0 Å². The number of hydrogen-bond donors (Lipinski definition) is 2. The van der Waals surface area contributed by atoms with Gasteiger partial charge in [0.1, 0.15) is 0 Å². The minimum Gasteiger partial charge on any atom is -0.353 e. The monoisotopic (exact) mass is 160 g/mol. The molecule has 0 bridgehead atoms. The van der Waals surface area contributed by atoms with Gasteiger partial charge in [-0.1, -0.05) is 6.92 Å². The fourth-order valence-electron chi connectivity index (χ4n) is 1.48. The van der Waals surface area contributed by atoms with Crippen molar-refractivity contribution in [3.63, 3.8) is 0 Å². The van der Waals surface area contributed by atoms with E-state index in [0.717, 1.165) is 19.4 Å². The van der Waals surface area contributed by atoms with Crippen LogP contribution in [0.5, 0.6) is 0 Å². The molecule has 3 heteroatoms. The van der Waals surface area contributed by atoms with Crippen molar-refractivity contribution in [1.29, 1.82) is 0 Å². The van der Waals surface area contributed by atoms with Crippen LogP contribution in [0.2, 0.25) is 0 Å². The lowest BCUT2D eigenvalue weighted by Gasteiger charge is -2.35. The zero-order chi connectivity index (χ0) is 8.27. The highest BCUT2D eigenvalue weighted by Crippen LogP contribution is 2.19. The molecule has 0 spiro atoms. The summed E-state index contributed by atoms with van der Waals surface area (Å²) >= 11 is 0. The van der Waals surface area contributed by atoms with Gasteiger partial charge in [0, 0.05) is 21.9 Å². The normalized spacial score (nSPS) is 29.3. The predicted molar refractivity (Wildman–Crippen MR) is 48.5 cm³/mol. The Morgan fingerprint density at radius 3 is 2.64 bits per heavy atom. The second-order valence-electron chi connectivity index (χ2n) is 3.12. The van der Waals surface area contributed by atoms with E-state index >= 15 is 0 Å². The Balaban J connectivity index is 0. The minimum absolute atomic E-state index is 0. The van der Waals surface area contributed by atoms with Gasteiger partial charge >= 0.3 is 0 Å². The van der Waals surface area contributed by atoms with E-state index < -0.39 is 0 Å². The fourth-order valence-corrected chi connectivity index (χ4v) is 1.48. The Labute approximate surface area is 70.5 Å². The Hall–Kier alpha value is -0.570. The highest BCUT2D eigenvalue weighted by Gasteiger charge is 2.28. The van der Waals surface area contributed by atoms with Crippen LogP contribution < -0.4 is 10.6 Å². The van der Waals surface area contributed by atoms with Crippen LogP contribution in [0.25, 0.3) is 0 Å². The van der Waals surface area contributed by atoms with E-state index in [4.69, 9.17) is 0 Å². The molecule has 0 aromatic carbocycles. The van der Waals surface area contributed by atoms with Crippen LogP contribution >= 0.6 is 0 Å². The first-order valence-corrected chi connectivity index (χ1v) is 4.23. The molecule has 0 atom stereocenters. The Morgan fingerprint density at radius 1 is 1.55 bits per heavy atom.